The number of nitrogens with zero attached hydrogens (tertiary/aromatic N) is 1. The minimum Gasteiger partial charge on any atom is -0.352 e. The summed E-state index contributed by atoms with van der Waals surface area (Å²) in [7, 11) is -4.05. The van der Waals surface area contributed by atoms with E-state index in [1.807, 2.05) is 0 Å². The minimum absolute atomic E-state index is 0.174. The first-order valence-corrected chi connectivity index (χ1v) is 8.14. The van der Waals surface area contributed by atoms with E-state index < -0.39 is 42.1 Å². The summed E-state index contributed by atoms with van der Waals surface area (Å²) in [6.07, 6.45) is 0. The SMILES string of the molecule is CC(C)(C)NS(=O)(=O)c1c(Cl)ccc([N+](=O)[O-])c1Cl.NC(N)=O. The number of carbonyl (C=O) groups is 1. The number of nitro groups is 1. The molecule has 0 aliphatic rings. The second-order valence-electron chi connectivity index (χ2n) is 5.22. The van der Waals surface area contributed by atoms with E-state index >= 15 is 0 Å². The van der Waals surface area contributed by atoms with E-state index in [0.29, 0.717) is 0 Å². The van der Waals surface area contributed by atoms with Crippen LogP contribution in [0.1, 0.15) is 20.8 Å². The predicted molar refractivity (Wildman–Crippen MR) is 87.0 cm³/mol. The normalized spacial score (nSPS) is 11.3. The van der Waals surface area contributed by atoms with Gasteiger partial charge in [-0.1, -0.05) is 23.2 Å². The van der Waals surface area contributed by atoms with Gasteiger partial charge in [0.25, 0.3) is 5.69 Å². The third kappa shape index (κ3) is 6.99. The lowest BCUT2D eigenvalue weighted by Gasteiger charge is -2.21. The first-order chi connectivity index (χ1) is 10.2. The molecule has 0 aliphatic carbocycles. The average Bonchev–Trinajstić information content (AvgIpc) is 2.23. The third-order valence-corrected chi connectivity index (χ3v) is 4.70. The van der Waals surface area contributed by atoms with E-state index in [4.69, 9.17) is 28.0 Å². The van der Waals surface area contributed by atoms with Crippen LogP contribution in [-0.2, 0) is 10.0 Å². The number of primary amides is 2. The van der Waals surface area contributed by atoms with Crippen LogP contribution in [0.5, 0.6) is 0 Å². The molecule has 5 N–H and O–H groups in total. The van der Waals surface area contributed by atoms with Crippen LogP contribution in [0.2, 0.25) is 10.0 Å². The molecular weight excluding hydrogens is 371 g/mol. The summed E-state index contributed by atoms with van der Waals surface area (Å²) in [4.78, 5) is 18.5. The van der Waals surface area contributed by atoms with Crippen LogP contribution in [0.15, 0.2) is 17.0 Å². The highest BCUT2D eigenvalue weighted by Crippen LogP contribution is 2.36. The number of nitrogens with two attached hydrogens (primary N) is 2. The van der Waals surface area contributed by atoms with Crippen molar-refractivity contribution in [2.45, 2.75) is 31.2 Å². The van der Waals surface area contributed by atoms with Crippen LogP contribution in [0.25, 0.3) is 0 Å². The van der Waals surface area contributed by atoms with Crippen molar-refractivity contribution in [3.8, 4) is 0 Å². The van der Waals surface area contributed by atoms with Gasteiger partial charge >= 0.3 is 6.03 Å². The highest BCUT2D eigenvalue weighted by atomic mass is 35.5. The highest BCUT2D eigenvalue weighted by molar-refractivity contribution is 7.89. The standard InChI is InChI=1S/C10H12Cl2N2O4S.CH4N2O/c1-10(2,3)13-19(17,18)9-6(11)4-5-7(8(9)12)14(15)16;2-1(3)4/h4-5,13H,1-3H3;(H4,2,3,4). The van der Waals surface area contributed by atoms with Crippen molar-refractivity contribution in [2.75, 3.05) is 0 Å². The van der Waals surface area contributed by atoms with Crippen molar-refractivity contribution in [2.24, 2.45) is 11.5 Å². The molecule has 1 rings (SSSR count). The zero-order chi connectivity index (χ0) is 18.6. The lowest BCUT2D eigenvalue weighted by atomic mass is 10.1. The number of halogens is 2. The van der Waals surface area contributed by atoms with Crippen LogP contribution < -0.4 is 16.2 Å². The predicted octanol–water partition coefficient (Wildman–Crippen LogP) is 2.00. The number of hydrogen-bond donors (Lipinski definition) is 3. The number of nitro benzene ring substituents is 1. The summed E-state index contributed by atoms with van der Waals surface area (Å²) in [5, 5.41) is 10.1. The van der Waals surface area contributed by atoms with Crippen LogP contribution in [0.3, 0.4) is 0 Å². The molecule has 0 spiro atoms. The fourth-order valence-corrected chi connectivity index (χ4v) is 3.99. The molecule has 0 radical (unpaired) electrons. The summed E-state index contributed by atoms with van der Waals surface area (Å²) < 4.78 is 26.7. The first kappa shape index (κ1) is 21.4. The molecule has 0 saturated carbocycles. The molecule has 1 aromatic rings. The summed E-state index contributed by atoms with van der Waals surface area (Å²) >= 11 is 11.6. The number of urea groups is 1. The molecular formula is C11H16Cl2N4O5S. The molecule has 12 heteroatoms. The number of rotatable bonds is 3. The lowest BCUT2D eigenvalue weighted by molar-refractivity contribution is -0.384. The van der Waals surface area contributed by atoms with E-state index in [9.17, 15) is 18.5 Å². The second-order valence-corrected chi connectivity index (χ2v) is 7.63. The van der Waals surface area contributed by atoms with Gasteiger partial charge in [-0.15, -0.1) is 0 Å². The molecule has 0 saturated heterocycles. The summed E-state index contributed by atoms with van der Waals surface area (Å²) in [5.41, 5.74) is 7.22. The summed E-state index contributed by atoms with van der Waals surface area (Å²) in [5.74, 6) is 0. The molecule has 0 bridgehead atoms. The van der Waals surface area contributed by atoms with E-state index in [0.717, 1.165) is 12.1 Å². The molecule has 2 amide bonds. The first-order valence-electron chi connectivity index (χ1n) is 5.90. The van der Waals surface area contributed by atoms with E-state index in [1.54, 1.807) is 20.8 Å². The van der Waals surface area contributed by atoms with E-state index in [-0.39, 0.29) is 5.02 Å². The quantitative estimate of drug-likeness (QED) is 0.534. The van der Waals surface area contributed by atoms with E-state index in [1.165, 1.54) is 0 Å². The van der Waals surface area contributed by atoms with Crippen LogP contribution >= 0.6 is 23.2 Å². The van der Waals surface area contributed by atoms with Crippen molar-refractivity contribution in [1.29, 1.82) is 0 Å². The zero-order valence-corrected chi connectivity index (χ0v) is 14.8. The molecule has 0 unspecified atom stereocenters. The minimum atomic E-state index is -4.05. The Hall–Kier alpha value is -1.62. The Balaban J connectivity index is 0.00000108. The third-order valence-electron chi connectivity index (χ3n) is 1.93. The maximum absolute atomic E-state index is 12.2. The molecule has 0 aliphatic heterocycles. The largest absolute Gasteiger partial charge is 0.352 e. The van der Waals surface area contributed by atoms with Crippen molar-refractivity contribution in [3.05, 3.63) is 32.3 Å². The van der Waals surface area contributed by atoms with Crippen molar-refractivity contribution in [1.82, 2.24) is 4.72 Å². The molecule has 0 heterocycles. The van der Waals surface area contributed by atoms with Gasteiger partial charge in [-0.25, -0.2) is 17.9 Å². The molecule has 23 heavy (non-hydrogen) atoms. The van der Waals surface area contributed by atoms with Crippen molar-refractivity contribution in [3.63, 3.8) is 0 Å². The monoisotopic (exact) mass is 386 g/mol. The molecule has 9 nitrogen and oxygen atoms in total. The number of benzene rings is 1. The van der Waals surface area contributed by atoms with Crippen LogP contribution in [0.4, 0.5) is 10.5 Å². The van der Waals surface area contributed by atoms with Gasteiger partial charge in [-0.2, -0.15) is 0 Å². The Morgan fingerprint density at radius 2 is 1.70 bits per heavy atom. The zero-order valence-electron chi connectivity index (χ0n) is 12.5. The maximum Gasteiger partial charge on any atom is 0.309 e. The van der Waals surface area contributed by atoms with Gasteiger partial charge in [0.2, 0.25) is 10.0 Å². The summed E-state index contributed by atoms with van der Waals surface area (Å²) in [6.45, 7) is 4.89. The van der Waals surface area contributed by atoms with Gasteiger partial charge in [0, 0.05) is 11.6 Å². The van der Waals surface area contributed by atoms with Gasteiger partial charge in [-0.05, 0) is 26.8 Å². The lowest BCUT2D eigenvalue weighted by Crippen LogP contribution is -2.40. The topological polar surface area (TPSA) is 158 Å². The Labute approximate surface area is 143 Å². The fraction of sp³-hybridized carbons (Fsp3) is 0.364. The van der Waals surface area contributed by atoms with Crippen molar-refractivity contribution < 1.29 is 18.1 Å². The molecule has 0 fully saturated rings. The maximum atomic E-state index is 12.2. The van der Waals surface area contributed by atoms with Gasteiger partial charge in [0.1, 0.15) is 9.92 Å². The van der Waals surface area contributed by atoms with Crippen LogP contribution in [0, 0.1) is 10.1 Å². The summed E-state index contributed by atoms with van der Waals surface area (Å²) in [6, 6.07) is 1.35. The smallest absolute Gasteiger partial charge is 0.309 e. The Morgan fingerprint density at radius 3 is 2.04 bits per heavy atom. The Kier molecular flexibility index (Phi) is 7.23. The number of sulfonamides is 1. The van der Waals surface area contributed by atoms with Gasteiger partial charge in [0.05, 0.1) is 9.95 Å². The average molecular weight is 387 g/mol. The fourth-order valence-electron chi connectivity index (χ4n) is 1.36. The number of hydrogen-bond acceptors (Lipinski definition) is 5. The Bertz CT molecular complexity index is 712. The molecule has 1 aromatic carbocycles. The second kappa shape index (κ2) is 7.77. The highest BCUT2D eigenvalue weighted by Gasteiger charge is 2.30. The molecule has 0 aromatic heterocycles. The van der Waals surface area contributed by atoms with Crippen LogP contribution in [-0.4, -0.2) is 24.9 Å². The van der Waals surface area contributed by atoms with Crippen molar-refractivity contribution >= 4 is 44.9 Å². The number of amides is 2. The molecule has 0 atom stereocenters. The van der Waals surface area contributed by atoms with Gasteiger partial charge in [0.15, 0.2) is 0 Å². The number of nitrogens with one attached hydrogen (secondary N) is 1. The van der Waals surface area contributed by atoms with Gasteiger partial charge in [-0.3, -0.25) is 10.1 Å². The van der Waals surface area contributed by atoms with E-state index in [2.05, 4.69) is 16.2 Å². The Morgan fingerprint density at radius 1 is 1.26 bits per heavy atom. The number of carbonyl (C=O) groups excluding carboxylic acids is 1. The molecule has 130 valence electrons. The van der Waals surface area contributed by atoms with Gasteiger partial charge < -0.3 is 11.5 Å².